The molecule has 0 unspecified atom stereocenters. The van der Waals surface area contributed by atoms with Crippen LogP contribution in [0, 0.1) is 18.3 Å². The zero-order valence-electron chi connectivity index (χ0n) is 10.7. The first-order valence-corrected chi connectivity index (χ1v) is 5.97. The van der Waals surface area contributed by atoms with Gasteiger partial charge in [-0.15, -0.1) is 0 Å². The van der Waals surface area contributed by atoms with Gasteiger partial charge in [-0.25, -0.2) is 0 Å². The number of carbonyl (C=O) groups excluding carboxylic acids is 1. The van der Waals surface area contributed by atoms with Crippen molar-refractivity contribution in [3.05, 3.63) is 33.7 Å². The van der Waals surface area contributed by atoms with Crippen molar-refractivity contribution in [1.29, 1.82) is 5.26 Å². The highest BCUT2D eigenvalue weighted by Gasteiger charge is 2.09. The summed E-state index contributed by atoms with van der Waals surface area (Å²) in [5.41, 5.74) is 0.312. The Bertz CT molecular complexity index is 526. The third-order valence-electron chi connectivity index (χ3n) is 2.65. The van der Waals surface area contributed by atoms with Crippen molar-refractivity contribution in [2.24, 2.45) is 0 Å². The van der Waals surface area contributed by atoms with E-state index in [0.29, 0.717) is 12.1 Å². The molecule has 96 valence electrons. The molecule has 0 bridgehead atoms. The maximum Gasteiger partial charge on any atom is 0.269 e. The van der Waals surface area contributed by atoms with E-state index in [1.54, 1.807) is 13.0 Å². The lowest BCUT2D eigenvalue weighted by Crippen LogP contribution is -2.33. The molecule has 1 amide bonds. The van der Waals surface area contributed by atoms with Crippen LogP contribution in [-0.4, -0.2) is 17.0 Å². The van der Waals surface area contributed by atoms with Crippen LogP contribution in [0.5, 0.6) is 0 Å². The molecule has 0 saturated heterocycles. The van der Waals surface area contributed by atoms with E-state index in [0.717, 1.165) is 12.8 Å². The van der Waals surface area contributed by atoms with E-state index in [2.05, 4.69) is 5.32 Å². The molecular formula is C13H17N3O2. The number of amides is 1. The van der Waals surface area contributed by atoms with Crippen LogP contribution in [-0.2, 0) is 11.3 Å². The molecule has 0 aliphatic rings. The molecule has 18 heavy (non-hydrogen) atoms. The lowest BCUT2D eigenvalue weighted by atomic mass is 10.2. The molecule has 0 spiro atoms. The van der Waals surface area contributed by atoms with E-state index in [-0.39, 0.29) is 18.0 Å². The minimum absolute atomic E-state index is 0.0441. The Hall–Kier alpha value is -2.09. The average Bonchev–Trinajstić information content (AvgIpc) is 2.34. The lowest BCUT2D eigenvalue weighted by molar-refractivity contribution is -0.121. The fourth-order valence-corrected chi connectivity index (χ4v) is 1.54. The van der Waals surface area contributed by atoms with Crippen molar-refractivity contribution in [2.75, 3.05) is 6.54 Å². The van der Waals surface area contributed by atoms with E-state index in [1.807, 2.05) is 13.0 Å². The summed E-state index contributed by atoms with van der Waals surface area (Å²) >= 11 is 0. The maximum absolute atomic E-state index is 11.8. The molecule has 5 heteroatoms. The second-order valence-corrected chi connectivity index (χ2v) is 4.12. The Labute approximate surface area is 106 Å². The summed E-state index contributed by atoms with van der Waals surface area (Å²) in [4.78, 5) is 23.4. The van der Waals surface area contributed by atoms with E-state index >= 15 is 0 Å². The highest BCUT2D eigenvalue weighted by Crippen LogP contribution is 1.99. The zero-order chi connectivity index (χ0) is 13.5. The smallest absolute Gasteiger partial charge is 0.269 e. The number of unbranched alkanes of at least 4 members (excludes halogenated alkanes) is 1. The van der Waals surface area contributed by atoms with Crippen LogP contribution < -0.4 is 10.9 Å². The van der Waals surface area contributed by atoms with Gasteiger partial charge in [-0.2, -0.15) is 5.26 Å². The number of carbonyl (C=O) groups is 1. The number of aromatic nitrogens is 1. The molecule has 0 fully saturated rings. The highest BCUT2D eigenvalue weighted by atomic mass is 16.2. The minimum Gasteiger partial charge on any atom is -0.355 e. The van der Waals surface area contributed by atoms with Gasteiger partial charge < -0.3 is 9.88 Å². The number of nitrogens with one attached hydrogen (secondary N) is 1. The largest absolute Gasteiger partial charge is 0.355 e. The van der Waals surface area contributed by atoms with Crippen molar-refractivity contribution in [2.45, 2.75) is 33.2 Å². The summed E-state index contributed by atoms with van der Waals surface area (Å²) in [5, 5.41) is 11.6. The van der Waals surface area contributed by atoms with Gasteiger partial charge in [-0.3, -0.25) is 9.59 Å². The van der Waals surface area contributed by atoms with Gasteiger partial charge in [-0.1, -0.05) is 13.3 Å². The fourth-order valence-electron chi connectivity index (χ4n) is 1.54. The first-order valence-electron chi connectivity index (χ1n) is 5.97. The minimum atomic E-state index is -0.414. The first-order chi connectivity index (χ1) is 8.60. The average molecular weight is 247 g/mol. The van der Waals surface area contributed by atoms with Crippen molar-refractivity contribution in [3.63, 3.8) is 0 Å². The van der Waals surface area contributed by atoms with Crippen LogP contribution in [0.15, 0.2) is 17.1 Å². The highest BCUT2D eigenvalue weighted by molar-refractivity contribution is 5.75. The molecule has 1 heterocycles. The molecule has 0 saturated carbocycles. The number of hydrogen-bond acceptors (Lipinski definition) is 3. The molecule has 0 atom stereocenters. The Morgan fingerprint density at radius 3 is 2.89 bits per heavy atom. The summed E-state index contributed by atoms with van der Waals surface area (Å²) in [6.45, 7) is 4.31. The monoisotopic (exact) mass is 247 g/mol. The molecule has 0 radical (unpaired) electrons. The van der Waals surface area contributed by atoms with E-state index < -0.39 is 5.56 Å². The number of nitrogens with zero attached hydrogens (tertiary/aromatic N) is 2. The third kappa shape index (κ3) is 3.45. The molecule has 1 N–H and O–H groups in total. The van der Waals surface area contributed by atoms with Gasteiger partial charge in [0, 0.05) is 12.7 Å². The summed E-state index contributed by atoms with van der Waals surface area (Å²) in [6.07, 6.45) is 3.46. The second-order valence-electron chi connectivity index (χ2n) is 4.12. The van der Waals surface area contributed by atoms with Crippen LogP contribution in [0.2, 0.25) is 0 Å². The summed E-state index contributed by atoms with van der Waals surface area (Å²) in [7, 11) is 0. The Balaban J connectivity index is 2.78. The first kappa shape index (κ1) is 14.0. The SMILES string of the molecule is CCCCNC(=O)Cn1ccc(C)c(C#N)c1=O. The van der Waals surface area contributed by atoms with Crippen molar-refractivity contribution < 1.29 is 4.79 Å². The van der Waals surface area contributed by atoms with Gasteiger partial charge in [0.1, 0.15) is 18.2 Å². The lowest BCUT2D eigenvalue weighted by Gasteiger charge is -2.08. The third-order valence-corrected chi connectivity index (χ3v) is 2.65. The number of nitriles is 1. The van der Waals surface area contributed by atoms with Crippen molar-refractivity contribution in [3.8, 4) is 6.07 Å². The Kier molecular flexibility index (Phi) is 5.12. The molecule has 0 aromatic carbocycles. The maximum atomic E-state index is 11.8. The van der Waals surface area contributed by atoms with Crippen LogP contribution in [0.1, 0.15) is 30.9 Å². The van der Waals surface area contributed by atoms with Crippen LogP contribution >= 0.6 is 0 Å². The van der Waals surface area contributed by atoms with Crippen molar-refractivity contribution >= 4 is 5.91 Å². The fraction of sp³-hybridized carbons (Fsp3) is 0.462. The van der Waals surface area contributed by atoms with Gasteiger partial charge >= 0.3 is 0 Å². The Morgan fingerprint density at radius 1 is 1.56 bits per heavy atom. The molecule has 5 nitrogen and oxygen atoms in total. The quantitative estimate of drug-likeness (QED) is 0.787. The summed E-state index contributed by atoms with van der Waals surface area (Å²) in [5.74, 6) is -0.210. The van der Waals surface area contributed by atoms with Crippen LogP contribution in [0.3, 0.4) is 0 Å². The predicted octanol–water partition coefficient (Wildman–Crippen LogP) is 0.945. The molecule has 0 aliphatic carbocycles. The number of pyridine rings is 1. The molecule has 1 rings (SSSR count). The molecular weight excluding hydrogens is 230 g/mol. The van der Waals surface area contributed by atoms with E-state index in [9.17, 15) is 9.59 Å². The normalized spacial score (nSPS) is 9.83. The van der Waals surface area contributed by atoms with Gasteiger partial charge in [-0.05, 0) is 25.0 Å². The summed E-state index contributed by atoms with van der Waals surface area (Å²) < 4.78 is 1.26. The van der Waals surface area contributed by atoms with Gasteiger partial charge in [0.15, 0.2) is 0 Å². The second kappa shape index (κ2) is 6.60. The van der Waals surface area contributed by atoms with Crippen molar-refractivity contribution in [1.82, 2.24) is 9.88 Å². The van der Waals surface area contributed by atoms with Crippen LogP contribution in [0.25, 0.3) is 0 Å². The van der Waals surface area contributed by atoms with Gasteiger partial charge in [0.25, 0.3) is 5.56 Å². The number of aryl methyl sites for hydroxylation is 1. The van der Waals surface area contributed by atoms with E-state index in [1.165, 1.54) is 10.8 Å². The predicted molar refractivity (Wildman–Crippen MR) is 68.1 cm³/mol. The van der Waals surface area contributed by atoms with Gasteiger partial charge in [0.2, 0.25) is 5.91 Å². The standard InChI is InChI=1S/C13H17N3O2/c1-3-4-6-15-12(17)9-16-7-5-10(2)11(8-14)13(16)18/h5,7H,3-4,6,9H2,1-2H3,(H,15,17). The topological polar surface area (TPSA) is 74.9 Å². The number of hydrogen-bond donors (Lipinski definition) is 1. The molecule has 1 aromatic rings. The molecule has 1 aromatic heterocycles. The summed E-state index contributed by atoms with van der Waals surface area (Å²) in [6, 6.07) is 3.53. The van der Waals surface area contributed by atoms with Crippen LogP contribution in [0.4, 0.5) is 0 Å². The molecule has 0 aliphatic heterocycles. The van der Waals surface area contributed by atoms with Gasteiger partial charge in [0.05, 0.1) is 0 Å². The Morgan fingerprint density at radius 2 is 2.28 bits per heavy atom. The zero-order valence-corrected chi connectivity index (χ0v) is 10.7. The van der Waals surface area contributed by atoms with E-state index in [4.69, 9.17) is 5.26 Å². The number of rotatable bonds is 5.